The molecule has 0 unspecified atom stereocenters. The molecule has 27 heavy (non-hydrogen) atoms. The highest BCUT2D eigenvalue weighted by molar-refractivity contribution is 5.94. The second kappa shape index (κ2) is 9.07. The molecule has 2 amide bonds. The monoisotopic (exact) mass is 380 g/mol. The summed E-state index contributed by atoms with van der Waals surface area (Å²) in [5, 5.41) is 4.34. The van der Waals surface area contributed by atoms with Crippen molar-refractivity contribution in [3.8, 4) is 5.75 Å². The van der Waals surface area contributed by atoms with Crippen molar-refractivity contribution in [2.45, 2.75) is 19.8 Å². The lowest BCUT2D eigenvalue weighted by Gasteiger charge is -2.11. The molecule has 0 bridgehead atoms. The molecule has 144 valence electrons. The summed E-state index contributed by atoms with van der Waals surface area (Å²) in [6, 6.07) is 8.85. The van der Waals surface area contributed by atoms with Crippen molar-refractivity contribution in [2.75, 3.05) is 18.5 Å². The highest BCUT2D eigenvalue weighted by Gasteiger charge is 2.15. The van der Waals surface area contributed by atoms with Gasteiger partial charge in [-0.1, -0.05) is 26.0 Å². The number of rotatable bonds is 7. The van der Waals surface area contributed by atoms with Crippen molar-refractivity contribution in [2.24, 2.45) is 0 Å². The number of amides is 2. The fourth-order valence-corrected chi connectivity index (χ4v) is 2.16. The maximum Gasteiger partial charge on any atom is 0.258 e. The average molecular weight is 380 g/mol. The van der Waals surface area contributed by atoms with Crippen LogP contribution in [0.15, 0.2) is 36.4 Å². The minimum atomic E-state index is -1.69. The Kier molecular flexibility index (Phi) is 6.81. The Balaban J connectivity index is 1.81. The molecule has 2 aromatic rings. The van der Waals surface area contributed by atoms with E-state index in [1.54, 1.807) is 6.07 Å². The number of hydrogen-bond donors (Lipinski definition) is 2. The Labute approximate surface area is 154 Å². The second-order valence-corrected chi connectivity index (χ2v) is 6.06. The molecule has 0 aliphatic rings. The van der Waals surface area contributed by atoms with Crippen LogP contribution in [-0.2, 0) is 9.59 Å². The second-order valence-electron chi connectivity index (χ2n) is 6.06. The van der Waals surface area contributed by atoms with Gasteiger partial charge in [0, 0.05) is 0 Å². The van der Waals surface area contributed by atoms with Crippen molar-refractivity contribution in [3.05, 3.63) is 59.4 Å². The van der Waals surface area contributed by atoms with Crippen molar-refractivity contribution in [3.63, 3.8) is 0 Å². The highest BCUT2D eigenvalue weighted by atomic mass is 19.2. The van der Waals surface area contributed by atoms with Crippen LogP contribution in [0.2, 0.25) is 0 Å². The smallest absolute Gasteiger partial charge is 0.258 e. The molecule has 0 saturated heterocycles. The molecule has 0 radical (unpaired) electrons. The van der Waals surface area contributed by atoms with Gasteiger partial charge < -0.3 is 15.4 Å². The number of benzene rings is 2. The number of nitrogens with one attached hydrogen (secondary N) is 2. The van der Waals surface area contributed by atoms with E-state index in [0.717, 1.165) is 11.6 Å². The zero-order valence-electron chi connectivity index (χ0n) is 14.8. The van der Waals surface area contributed by atoms with E-state index in [2.05, 4.69) is 10.6 Å². The summed E-state index contributed by atoms with van der Waals surface area (Å²) in [6.07, 6.45) is 0. The third kappa shape index (κ3) is 5.73. The van der Waals surface area contributed by atoms with Gasteiger partial charge in [-0.05, 0) is 35.7 Å². The van der Waals surface area contributed by atoms with E-state index in [1.165, 1.54) is 0 Å². The Morgan fingerprint density at radius 3 is 2.48 bits per heavy atom. The predicted octanol–water partition coefficient (Wildman–Crippen LogP) is 3.36. The molecule has 2 N–H and O–H groups in total. The van der Waals surface area contributed by atoms with E-state index < -0.39 is 41.5 Å². The number of carbonyl (C=O) groups excluding carboxylic acids is 2. The van der Waals surface area contributed by atoms with E-state index in [9.17, 15) is 22.8 Å². The van der Waals surface area contributed by atoms with Crippen molar-refractivity contribution >= 4 is 17.5 Å². The minimum absolute atomic E-state index is 0.308. The van der Waals surface area contributed by atoms with E-state index in [0.29, 0.717) is 17.7 Å². The summed E-state index contributed by atoms with van der Waals surface area (Å²) in [5.74, 6) is -5.09. The third-order valence-electron chi connectivity index (χ3n) is 3.65. The number of halogens is 3. The van der Waals surface area contributed by atoms with Crippen LogP contribution in [0.25, 0.3) is 0 Å². The molecule has 0 aliphatic carbocycles. The van der Waals surface area contributed by atoms with E-state index in [-0.39, 0.29) is 6.61 Å². The first kappa shape index (κ1) is 20.3. The van der Waals surface area contributed by atoms with Crippen LogP contribution in [0.1, 0.15) is 25.3 Å². The van der Waals surface area contributed by atoms with Crippen LogP contribution in [0.5, 0.6) is 5.75 Å². The van der Waals surface area contributed by atoms with Gasteiger partial charge in [-0.3, -0.25) is 9.59 Å². The molecule has 0 atom stereocenters. The quantitative estimate of drug-likeness (QED) is 0.724. The van der Waals surface area contributed by atoms with Crippen LogP contribution < -0.4 is 15.4 Å². The van der Waals surface area contributed by atoms with Crippen LogP contribution >= 0.6 is 0 Å². The molecule has 0 aliphatic heterocycles. The molecule has 2 rings (SSSR count). The summed E-state index contributed by atoms with van der Waals surface area (Å²) in [6.45, 7) is 3.27. The van der Waals surface area contributed by atoms with Gasteiger partial charge in [0.25, 0.3) is 5.91 Å². The molecular formula is C19H19F3N2O3. The van der Waals surface area contributed by atoms with E-state index >= 15 is 0 Å². The molecule has 0 spiro atoms. The lowest BCUT2D eigenvalue weighted by molar-refractivity contribution is -0.125. The van der Waals surface area contributed by atoms with Gasteiger partial charge in [0.05, 0.1) is 12.2 Å². The summed E-state index contributed by atoms with van der Waals surface area (Å²) in [4.78, 5) is 23.5. The average Bonchev–Trinajstić information content (AvgIpc) is 2.65. The zero-order chi connectivity index (χ0) is 20.0. The molecule has 0 saturated carbocycles. The van der Waals surface area contributed by atoms with Gasteiger partial charge in [-0.25, -0.2) is 13.2 Å². The van der Waals surface area contributed by atoms with Gasteiger partial charge in [0.2, 0.25) is 5.91 Å². The van der Waals surface area contributed by atoms with Gasteiger partial charge in [-0.15, -0.1) is 0 Å². The zero-order valence-corrected chi connectivity index (χ0v) is 14.8. The molecule has 0 aromatic heterocycles. The van der Waals surface area contributed by atoms with Crippen molar-refractivity contribution in [1.82, 2.24) is 5.32 Å². The van der Waals surface area contributed by atoms with Gasteiger partial charge >= 0.3 is 0 Å². The topological polar surface area (TPSA) is 67.4 Å². The van der Waals surface area contributed by atoms with Crippen molar-refractivity contribution in [1.29, 1.82) is 0 Å². The maximum atomic E-state index is 13.5. The third-order valence-corrected chi connectivity index (χ3v) is 3.65. The molecule has 0 fully saturated rings. The first-order chi connectivity index (χ1) is 12.8. The van der Waals surface area contributed by atoms with Crippen molar-refractivity contribution < 1.29 is 27.5 Å². The Hall–Kier alpha value is -3.03. The first-order valence-corrected chi connectivity index (χ1v) is 8.20. The summed E-state index contributed by atoms with van der Waals surface area (Å²) in [7, 11) is 0. The number of hydrogen-bond acceptors (Lipinski definition) is 3. The van der Waals surface area contributed by atoms with E-state index in [1.807, 2.05) is 32.0 Å². The Morgan fingerprint density at radius 2 is 1.78 bits per heavy atom. The number of anilines is 1. The predicted molar refractivity (Wildman–Crippen MR) is 94.0 cm³/mol. The van der Waals surface area contributed by atoms with Gasteiger partial charge in [0.1, 0.15) is 5.75 Å². The first-order valence-electron chi connectivity index (χ1n) is 8.20. The maximum absolute atomic E-state index is 13.5. The SMILES string of the molecule is CC(C)c1cccc(OCC(=O)NCC(=O)Nc2ccc(F)c(F)c2F)c1. The molecule has 8 heteroatoms. The number of carbonyl (C=O) groups is 2. The van der Waals surface area contributed by atoms with E-state index in [4.69, 9.17) is 4.74 Å². The lowest BCUT2D eigenvalue weighted by Crippen LogP contribution is -2.36. The molecule has 5 nitrogen and oxygen atoms in total. The fourth-order valence-electron chi connectivity index (χ4n) is 2.16. The van der Waals surface area contributed by atoms with Crippen LogP contribution in [-0.4, -0.2) is 25.0 Å². The Bertz CT molecular complexity index is 841. The summed E-state index contributed by atoms with van der Waals surface area (Å²) >= 11 is 0. The number of ether oxygens (including phenoxy) is 1. The van der Waals surface area contributed by atoms with Crippen LogP contribution in [0.4, 0.5) is 18.9 Å². The lowest BCUT2D eigenvalue weighted by atomic mass is 10.0. The molecule has 0 heterocycles. The molecular weight excluding hydrogens is 361 g/mol. The largest absolute Gasteiger partial charge is 0.484 e. The van der Waals surface area contributed by atoms with Gasteiger partial charge in [0.15, 0.2) is 24.1 Å². The van der Waals surface area contributed by atoms with Crippen LogP contribution in [0, 0.1) is 17.5 Å². The summed E-state index contributed by atoms with van der Waals surface area (Å²) < 4.78 is 44.8. The van der Waals surface area contributed by atoms with Gasteiger partial charge in [-0.2, -0.15) is 0 Å². The normalized spacial score (nSPS) is 10.6. The minimum Gasteiger partial charge on any atom is -0.484 e. The standard InChI is InChI=1S/C19H19F3N2O3/c1-11(2)12-4-3-5-13(8-12)27-10-17(26)23-9-16(25)24-15-7-6-14(20)18(21)19(15)22/h3-8,11H,9-10H2,1-2H3,(H,23,26)(H,24,25). The van der Waals surface area contributed by atoms with Crippen LogP contribution in [0.3, 0.4) is 0 Å². The highest BCUT2D eigenvalue weighted by Crippen LogP contribution is 2.20. The summed E-state index contributed by atoms with van der Waals surface area (Å²) in [5.41, 5.74) is 0.538. The molecule has 2 aromatic carbocycles. The Morgan fingerprint density at radius 1 is 1.04 bits per heavy atom. The fraction of sp³-hybridized carbons (Fsp3) is 0.263.